The minimum atomic E-state index is -0.234. The van der Waals surface area contributed by atoms with Crippen molar-refractivity contribution in [1.29, 1.82) is 0 Å². The van der Waals surface area contributed by atoms with Crippen LogP contribution in [0.2, 0.25) is 0 Å². The van der Waals surface area contributed by atoms with Crippen molar-refractivity contribution >= 4 is 22.9 Å². The number of thiophene rings is 1. The van der Waals surface area contributed by atoms with Crippen LogP contribution in [-0.2, 0) is 11.3 Å². The Kier molecular flexibility index (Phi) is 5.86. The summed E-state index contributed by atoms with van der Waals surface area (Å²) >= 11 is 1.62. The van der Waals surface area contributed by atoms with Gasteiger partial charge in [0.2, 0.25) is 5.91 Å². The van der Waals surface area contributed by atoms with E-state index in [0.29, 0.717) is 0 Å². The van der Waals surface area contributed by atoms with Crippen LogP contribution in [0.5, 0.6) is 0 Å². The SMILES string of the molecule is CCC(NC(=O)Cn1ncc(N2CCCCC2)cc1=O)c1cccs1. The quantitative estimate of drug-likeness (QED) is 0.860. The van der Waals surface area contributed by atoms with Gasteiger partial charge in [-0.25, -0.2) is 4.68 Å². The lowest BCUT2D eigenvalue weighted by molar-refractivity contribution is -0.122. The third kappa shape index (κ3) is 4.48. The molecule has 2 aromatic rings. The Balaban J connectivity index is 1.64. The molecule has 3 rings (SSSR count). The largest absolute Gasteiger partial charge is 0.370 e. The normalized spacial score (nSPS) is 15.8. The molecule has 7 heteroatoms. The van der Waals surface area contributed by atoms with Crippen molar-refractivity contribution in [3.8, 4) is 0 Å². The van der Waals surface area contributed by atoms with Gasteiger partial charge in [-0.2, -0.15) is 5.10 Å². The summed E-state index contributed by atoms with van der Waals surface area (Å²) in [6, 6.07) is 5.55. The second-order valence-electron chi connectivity index (χ2n) is 6.30. The van der Waals surface area contributed by atoms with Crippen molar-refractivity contribution in [2.24, 2.45) is 0 Å². The van der Waals surface area contributed by atoms with Crippen LogP contribution in [0.15, 0.2) is 34.6 Å². The molecule has 0 bridgehead atoms. The van der Waals surface area contributed by atoms with Gasteiger partial charge in [-0.05, 0) is 37.1 Å². The van der Waals surface area contributed by atoms with E-state index in [-0.39, 0.29) is 24.1 Å². The lowest BCUT2D eigenvalue weighted by atomic mass is 10.1. The topological polar surface area (TPSA) is 67.2 Å². The summed E-state index contributed by atoms with van der Waals surface area (Å²) in [5.74, 6) is -0.194. The van der Waals surface area contributed by atoms with Crippen LogP contribution in [0.1, 0.15) is 43.5 Å². The fourth-order valence-corrected chi connectivity index (χ4v) is 3.97. The molecule has 0 spiro atoms. The zero-order chi connectivity index (χ0) is 17.6. The predicted molar refractivity (Wildman–Crippen MR) is 100 cm³/mol. The van der Waals surface area contributed by atoms with Crippen molar-refractivity contribution in [1.82, 2.24) is 15.1 Å². The molecule has 1 fully saturated rings. The third-order valence-electron chi connectivity index (χ3n) is 4.50. The van der Waals surface area contributed by atoms with Gasteiger partial charge in [0.15, 0.2) is 0 Å². The summed E-state index contributed by atoms with van der Waals surface area (Å²) in [5.41, 5.74) is 0.619. The first-order valence-corrected chi connectivity index (χ1v) is 9.70. The lowest BCUT2D eigenvalue weighted by Crippen LogP contribution is -2.36. The second kappa shape index (κ2) is 8.29. The van der Waals surface area contributed by atoms with Crippen LogP contribution in [0.25, 0.3) is 0 Å². The Hall–Kier alpha value is -2.15. The smallest absolute Gasteiger partial charge is 0.269 e. The summed E-state index contributed by atoms with van der Waals surface area (Å²) in [6.07, 6.45) is 6.03. The molecule has 2 aromatic heterocycles. The Morgan fingerprint density at radius 2 is 2.16 bits per heavy atom. The molecule has 0 aromatic carbocycles. The highest BCUT2D eigenvalue weighted by Crippen LogP contribution is 2.21. The number of carbonyl (C=O) groups excluding carboxylic acids is 1. The maximum atomic E-state index is 12.3. The van der Waals surface area contributed by atoms with Crippen LogP contribution in [0.4, 0.5) is 5.69 Å². The van der Waals surface area contributed by atoms with E-state index in [0.717, 1.165) is 42.9 Å². The van der Waals surface area contributed by atoms with Gasteiger partial charge in [0.1, 0.15) is 6.54 Å². The van der Waals surface area contributed by atoms with E-state index >= 15 is 0 Å². The standard InChI is InChI=1S/C18H24N4O2S/c1-2-15(16-7-6-10-25-16)20-17(23)13-22-18(24)11-14(12-19-22)21-8-4-3-5-9-21/h6-7,10-12,15H,2-5,8-9,13H2,1H3,(H,20,23). The number of aromatic nitrogens is 2. The molecule has 25 heavy (non-hydrogen) atoms. The summed E-state index contributed by atoms with van der Waals surface area (Å²) in [7, 11) is 0. The van der Waals surface area contributed by atoms with Gasteiger partial charge in [-0.15, -0.1) is 11.3 Å². The Morgan fingerprint density at radius 3 is 2.80 bits per heavy atom. The molecule has 134 valence electrons. The molecular weight excluding hydrogens is 336 g/mol. The number of nitrogens with one attached hydrogen (secondary N) is 1. The van der Waals surface area contributed by atoms with E-state index in [4.69, 9.17) is 0 Å². The van der Waals surface area contributed by atoms with Gasteiger partial charge in [-0.3, -0.25) is 9.59 Å². The molecule has 6 nitrogen and oxygen atoms in total. The number of rotatable bonds is 6. The molecule has 1 aliphatic heterocycles. The van der Waals surface area contributed by atoms with Crippen molar-refractivity contribution in [3.63, 3.8) is 0 Å². The summed E-state index contributed by atoms with van der Waals surface area (Å²) in [5, 5.41) is 9.17. The average Bonchev–Trinajstić information content (AvgIpc) is 3.16. The van der Waals surface area contributed by atoms with Crippen LogP contribution in [-0.4, -0.2) is 28.8 Å². The number of hydrogen-bond acceptors (Lipinski definition) is 5. The van der Waals surface area contributed by atoms with E-state index in [1.54, 1.807) is 23.6 Å². The number of piperidine rings is 1. The van der Waals surface area contributed by atoms with Crippen molar-refractivity contribution in [2.75, 3.05) is 18.0 Å². The van der Waals surface area contributed by atoms with Crippen LogP contribution < -0.4 is 15.8 Å². The Bertz CT molecular complexity index is 751. The first-order chi connectivity index (χ1) is 12.2. The van der Waals surface area contributed by atoms with E-state index in [2.05, 4.69) is 15.3 Å². The molecule has 1 N–H and O–H groups in total. The first kappa shape index (κ1) is 17.7. The lowest BCUT2D eigenvalue weighted by Gasteiger charge is -2.28. The Morgan fingerprint density at radius 1 is 1.36 bits per heavy atom. The van der Waals surface area contributed by atoms with E-state index in [1.807, 2.05) is 24.4 Å². The van der Waals surface area contributed by atoms with Crippen molar-refractivity contribution in [2.45, 2.75) is 45.2 Å². The molecule has 0 aliphatic carbocycles. The average molecular weight is 360 g/mol. The summed E-state index contributed by atoms with van der Waals surface area (Å²) < 4.78 is 1.23. The van der Waals surface area contributed by atoms with Gasteiger partial charge in [0, 0.05) is 24.0 Å². The van der Waals surface area contributed by atoms with Gasteiger partial charge >= 0.3 is 0 Å². The minimum absolute atomic E-state index is 0.0178. The third-order valence-corrected chi connectivity index (χ3v) is 5.49. The van der Waals surface area contributed by atoms with Crippen molar-refractivity contribution < 1.29 is 4.79 Å². The van der Waals surface area contributed by atoms with Crippen LogP contribution in [0.3, 0.4) is 0 Å². The van der Waals surface area contributed by atoms with E-state index in [1.165, 1.54) is 11.1 Å². The predicted octanol–water partition coefficient (Wildman–Crippen LogP) is 2.56. The number of amides is 1. The number of hydrogen-bond donors (Lipinski definition) is 1. The summed E-state index contributed by atoms with van der Waals surface area (Å²) in [6.45, 7) is 3.90. The molecule has 1 aliphatic rings. The van der Waals surface area contributed by atoms with Crippen molar-refractivity contribution in [3.05, 3.63) is 45.0 Å². The minimum Gasteiger partial charge on any atom is -0.370 e. The van der Waals surface area contributed by atoms with E-state index in [9.17, 15) is 9.59 Å². The number of anilines is 1. The zero-order valence-corrected chi connectivity index (χ0v) is 15.3. The highest BCUT2D eigenvalue weighted by atomic mass is 32.1. The Labute approximate surface area is 151 Å². The molecule has 1 saturated heterocycles. The molecule has 0 saturated carbocycles. The molecule has 1 amide bonds. The monoisotopic (exact) mass is 360 g/mol. The fraction of sp³-hybridized carbons (Fsp3) is 0.500. The number of carbonyl (C=O) groups is 1. The maximum Gasteiger partial charge on any atom is 0.269 e. The zero-order valence-electron chi connectivity index (χ0n) is 14.5. The molecule has 1 atom stereocenters. The number of nitrogens with zero attached hydrogens (tertiary/aromatic N) is 3. The first-order valence-electron chi connectivity index (χ1n) is 8.82. The molecule has 3 heterocycles. The van der Waals surface area contributed by atoms with Gasteiger partial charge in [0.25, 0.3) is 5.56 Å². The summed E-state index contributed by atoms with van der Waals surface area (Å²) in [4.78, 5) is 27.9. The van der Waals surface area contributed by atoms with Crippen LogP contribution in [0, 0.1) is 0 Å². The van der Waals surface area contributed by atoms with E-state index < -0.39 is 0 Å². The highest BCUT2D eigenvalue weighted by Gasteiger charge is 2.16. The second-order valence-corrected chi connectivity index (χ2v) is 7.28. The highest BCUT2D eigenvalue weighted by molar-refractivity contribution is 7.10. The maximum absolute atomic E-state index is 12.3. The van der Waals surface area contributed by atoms with Gasteiger partial charge in [0.05, 0.1) is 17.9 Å². The van der Waals surface area contributed by atoms with Gasteiger partial charge < -0.3 is 10.2 Å². The fourth-order valence-electron chi connectivity index (χ4n) is 3.11. The van der Waals surface area contributed by atoms with Crippen LogP contribution >= 0.6 is 11.3 Å². The molecule has 0 radical (unpaired) electrons. The molecular formula is C18H24N4O2S. The van der Waals surface area contributed by atoms with Gasteiger partial charge in [-0.1, -0.05) is 13.0 Å². The molecule has 1 unspecified atom stereocenters.